The van der Waals surface area contributed by atoms with E-state index >= 15 is 0 Å². The zero-order valence-corrected chi connectivity index (χ0v) is 20.4. The second-order valence-electron chi connectivity index (χ2n) is 7.39. The Balaban J connectivity index is 0.000000970. The SMILES string of the molecule is C=N.CC.Cc1c(CNC2=NCC(c3nc(C(F)(F)F)cs3)CC2)[nH]c2c(c1=O)CC=CC=C2. The number of alkyl halides is 3. The number of aromatic amines is 1. The molecule has 1 aliphatic carbocycles. The molecule has 0 bridgehead atoms. The summed E-state index contributed by atoms with van der Waals surface area (Å²) < 4.78 is 38.3. The minimum absolute atomic E-state index is 0.0478. The molecule has 2 aromatic rings. The highest BCUT2D eigenvalue weighted by molar-refractivity contribution is 7.09. The molecule has 0 spiro atoms. The fraction of sp³-hybridized carbons (Fsp3) is 0.417. The summed E-state index contributed by atoms with van der Waals surface area (Å²) in [6, 6.07) is 0. The Morgan fingerprint density at radius 3 is 2.65 bits per heavy atom. The van der Waals surface area contributed by atoms with Gasteiger partial charge < -0.3 is 15.7 Å². The Labute approximate surface area is 201 Å². The number of pyridine rings is 1. The third kappa shape index (κ3) is 6.53. The van der Waals surface area contributed by atoms with Gasteiger partial charge in [0.1, 0.15) is 0 Å². The number of fused-ring (bicyclic) bond motifs is 1. The summed E-state index contributed by atoms with van der Waals surface area (Å²) in [6.45, 7) is 9.16. The van der Waals surface area contributed by atoms with Gasteiger partial charge in [0.25, 0.3) is 0 Å². The van der Waals surface area contributed by atoms with Crippen molar-refractivity contribution in [1.82, 2.24) is 15.3 Å². The average Bonchev–Trinajstić information content (AvgIpc) is 3.24. The van der Waals surface area contributed by atoms with Crippen molar-refractivity contribution in [3.8, 4) is 0 Å². The number of rotatable bonds is 3. The summed E-state index contributed by atoms with van der Waals surface area (Å²) >= 11 is 1.04. The number of nitrogens with zero attached hydrogens (tertiary/aromatic N) is 2. The molecular weight excluding hydrogens is 463 g/mol. The maximum absolute atomic E-state index is 12.8. The summed E-state index contributed by atoms with van der Waals surface area (Å²) in [7, 11) is 0. The predicted octanol–water partition coefficient (Wildman–Crippen LogP) is 5.64. The summed E-state index contributed by atoms with van der Waals surface area (Å²) in [5.74, 6) is 0.703. The number of aromatic nitrogens is 2. The van der Waals surface area contributed by atoms with Crippen LogP contribution in [0.15, 0.2) is 33.4 Å². The lowest BCUT2D eigenvalue weighted by molar-refractivity contribution is -0.140. The highest BCUT2D eigenvalue weighted by Gasteiger charge is 2.34. The largest absolute Gasteiger partial charge is 0.434 e. The van der Waals surface area contributed by atoms with Crippen LogP contribution in [0.5, 0.6) is 0 Å². The maximum atomic E-state index is 12.8. The van der Waals surface area contributed by atoms with E-state index in [-0.39, 0.29) is 11.3 Å². The minimum atomic E-state index is -4.41. The van der Waals surface area contributed by atoms with Crippen LogP contribution < -0.4 is 10.7 Å². The molecule has 0 amide bonds. The molecule has 0 radical (unpaired) electrons. The van der Waals surface area contributed by atoms with Crippen LogP contribution in [0.2, 0.25) is 0 Å². The topological polar surface area (TPSA) is 94.0 Å². The molecular formula is C24H30F3N5OS. The van der Waals surface area contributed by atoms with Crippen LogP contribution in [-0.2, 0) is 19.1 Å². The van der Waals surface area contributed by atoms with Crippen LogP contribution in [0.25, 0.3) is 6.08 Å². The summed E-state index contributed by atoms with van der Waals surface area (Å²) in [4.78, 5) is 24.3. The molecule has 10 heteroatoms. The fourth-order valence-corrected chi connectivity index (χ4v) is 4.55. The van der Waals surface area contributed by atoms with E-state index in [4.69, 9.17) is 5.41 Å². The molecule has 3 N–H and O–H groups in total. The summed E-state index contributed by atoms with van der Waals surface area (Å²) in [5, 5.41) is 10.3. The zero-order chi connectivity index (χ0) is 25.3. The fourth-order valence-electron chi connectivity index (χ4n) is 3.60. The van der Waals surface area contributed by atoms with Gasteiger partial charge in [0.05, 0.1) is 23.9 Å². The highest BCUT2D eigenvalue weighted by atomic mass is 32.1. The van der Waals surface area contributed by atoms with Crippen molar-refractivity contribution < 1.29 is 13.2 Å². The molecule has 34 heavy (non-hydrogen) atoms. The number of nitrogens with one attached hydrogen (secondary N) is 3. The van der Waals surface area contributed by atoms with Gasteiger partial charge in [-0.25, -0.2) is 4.98 Å². The quantitative estimate of drug-likeness (QED) is 0.483. The smallest absolute Gasteiger partial charge is 0.368 e. The third-order valence-corrected chi connectivity index (χ3v) is 6.38. The number of hydrogen-bond acceptors (Lipinski definition) is 6. The van der Waals surface area contributed by atoms with Gasteiger partial charge in [-0.05, 0) is 32.6 Å². The van der Waals surface area contributed by atoms with Gasteiger partial charge in [-0.3, -0.25) is 9.79 Å². The molecule has 6 nitrogen and oxygen atoms in total. The molecule has 4 rings (SSSR count). The van der Waals surface area contributed by atoms with Crippen LogP contribution in [0, 0.1) is 12.3 Å². The first kappa shape index (κ1) is 27.2. The van der Waals surface area contributed by atoms with E-state index in [1.54, 1.807) is 0 Å². The van der Waals surface area contributed by atoms with Gasteiger partial charge >= 0.3 is 6.18 Å². The van der Waals surface area contributed by atoms with Gasteiger partial charge in [0.15, 0.2) is 11.1 Å². The molecule has 0 fully saturated rings. The molecule has 184 valence electrons. The van der Waals surface area contributed by atoms with E-state index in [0.29, 0.717) is 42.9 Å². The number of hydrogen-bond donors (Lipinski definition) is 3. The molecule has 3 heterocycles. The Morgan fingerprint density at radius 1 is 1.29 bits per heavy atom. The average molecular weight is 494 g/mol. The second-order valence-corrected chi connectivity index (χ2v) is 8.28. The Kier molecular flexibility index (Phi) is 9.97. The lowest BCUT2D eigenvalue weighted by atomic mass is 10.0. The van der Waals surface area contributed by atoms with Crippen molar-refractivity contribution in [3.63, 3.8) is 0 Å². The first-order valence-corrected chi connectivity index (χ1v) is 11.9. The normalized spacial score (nSPS) is 16.8. The number of halogens is 3. The number of amidine groups is 1. The van der Waals surface area contributed by atoms with E-state index in [0.717, 1.165) is 39.5 Å². The van der Waals surface area contributed by atoms with Gasteiger partial charge in [-0.2, -0.15) is 13.2 Å². The van der Waals surface area contributed by atoms with Gasteiger partial charge in [0, 0.05) is 40.2 Å². The van der Waals surface area contributed by atoms with Crippen molar-refractivity contribution in [2.24, 2.45) is 4.99 Å². The Morgan fingerprint density at radius 2 is 2.03 bits per heavy atom. The molecule has 1 unspecified atom stereocenters. The first-order chi connectivity index (χ1) is 16.3. The molecule has 2 aromatic heterocycles. The Bertz CT molecular complexity index is 1110. The highest BCUT2D eigenvalue weighted by Crippen LogP contribution is 2.34. The van der Waals surface area contributed by atoms with Crippen LogP contribution in [-0.4, -0.2) is 29.1 Å². The van der Waals surface area contributed by atoms with Crippen molar-refractivity contribution in [1.29, 1.82) is 5.41 Å². The van der Waals surface area contributed by atoms with Crippen LogP contribution in [0.3, 0.4) is 0 Å². The van der Waals surface area contributed by atoms with Crippen LogP contribution in [0.1, 0.15) is 65.8 Å². The van der Waals surface area contributed by atoms with E-state index < -0.39 is 11.9 Å². The van der Waals surface area contributed by atoms with Crippen molar-refractivity contribution in [2.45, 2.75) is 58.7 Å². The lowest BCUT2D eigenvalue weighted by Crippen LogP contribution is -2.29. The van der Waals surface area contributed by atoms with Gasteiger partial charge in [-0.1, -0.05) is 32.1 Å². The van der Waals surface area contributed by atoms with Crippen molar-refractivity contribution in [2.75, 3.05) is 6.54 Å². The molecule has 2 aliphatic rings. The van der Waals surface area contributed by atoms with E-state index in [1.165, 1.54) is 0 Å². The number of H-pyrrole nitrogens is 1. The Hall–Kier alpha value is -3.01. The van der Waals surface area contributed by atoms with Gasteiger partial charge in [-0.15, -0.1) is 11.3 Å². The van der Waals surface area contributed by atoms with E-state index in [1.807, 2.05) is 45.1 Å². The number of aliphatic imine (C=N–C) groups is 1. The molecule has 1 aliphatic heterocycles. The third-order valence-electron chi connectivity index (χ3n) is 5.37. The van der Waals surface area contributed by atoms with Crippen LogP contribution in [0.4, 0.5) is 13.2 Å². The van der Waals surface area contributed by atoms with Crippen molar-refractivity contribution in [3.05, 3.63) is 67.0 Å². The second kappa shape index (κ2) is 12.5. The lowest BCUT2D eigenvalue weighted by Gasteiger charge is -2.21. The minimum Gasteiger partial charge on any atom is -0.368 e. The van der Waals surface area contributed by atoms with E-state index in [2.05, 4.69) is 27.0 Å². The molecule has 0 saturated carbocycles. The number of thiazole rings is 1. The van der Waals surface area contributed by atoms with Gasteiger partial charge in [0.2, 0.25) is 0 Å². The standard InChI is InChI=1S/C21H21F3N4OS.C2H6.CH3N/c1-12-16(27-15-6-4-2-3-5-14(15)19(12)29)10-26-18-8-7-13(9-25-18)20-28-17(11-30-20)21(22,23)24;2*1-2/h2-4,6,11,13H,5,7-10H2,1H3,(H,25,26)(H,27,29);1-2H3;2H,1H2. The zero-order valence-electron chi connectivity index (χ0n) is 19.6. The summed E-state index contributed by atoms with van der Waals surface area (Å²) in [5.41, 5.74) is 2.29. The first-order valence-electron chi connectivity index (χ1n) is 11.1. The maximum Gasteiger partial charge on any atom is 0.434 e. The van der Waals surface area contributed by atoms with E-state index in [9.17, 15) is 18.0 Å². The molecule has 0 saturated heterocycles. The number of allylic oxidation sites excluding steroid dienone is 3. The molecule has 0 aromatic carbocycles. The van der Waals surface area contributed by atoms with Crippen LogP contribution >= 0.6 is 11.3 Å². The predicted molar refractivity (Wildman–Crippen MR) is 133 cm³/mol. The molecule has 1 atom stereocenters. The van der Waals surface area contributed by atoms with Crippen molar-refractivity contribution >= 4 is 30.0 Å². The summed E-state index contributed by atoms with van der Waals surface area (Å²) in [6.07, 6.45) is 5.20. The monoisotopic (exact) mass is 493 g/mol.